The lowest BCUT2D eigenvalue weighted by atomic mass is 9.74. The number of aromatic nitrogens is 1. The van der Waals surface area contributed by atoms with Gasteiger partial charge < -0.3 is 11.1 Å². The van der Waals surface area contributed by atoms with Crippen LogP contribution >= 0.6 is 0 Å². The van der Waals surface area contributed by atoms with Crippen LogP contribution in [0.4, 0.5) is 10.2 Å². The second-order valence-corrected chi connectivity index (χ2v) is 4.50. The van der Waals surface area contributed by atoms with Crippen LogP contribution in [0.2, 0.25) is 0 Å². The summed E-state index contributed by atoms with van der Waals surface area (Å²) in [7, 11) is 0. The first-order valence-corrected chi connectivity index (χ1v) is 5.80. The largest absolute Gasteiger partial charge is 0.381 e. The first kappa shape index (κ1) is 11.8. The molecule has 1 aliphatic rings. The number of hydrogen-bond donors (Lipinski definition) is 2. The molecule has 1 saturated carbocycles. The Hall–Kier alpha value is -1.65. The van der Waals surface area contributed by atoms with Gasteiger partial charge >= 0.3 is 0 Å². The number of nitrogens with one attached hydrogen (secondary N) is 1. The summed E-state index contributed by atoms with van der Waals surface area (Å²) >= 11 is 0. The molecule has 4 nitrogen and oxygen atoms in total. The molecule has 0 saturated heterocycles. The fraction of sp³-hybridized carbons (Fsp3) is 0.500. The number of carbonyl (C=O) groups is 1. The molecule has 0 unspecified atom stereocenters. The van der Waals surface area contributed by atoms with Crippen LogP contribution in [-0.2, 0) is 0 Å². The molecule has 92 valence electrons. The van der Waals surface area contributed by atoms with Crippen LogP contribution in [0, 0.1) is 5.82 Å². The fourth-order valence-corrected chi connectivity index (χ4v) is 2.11. The summed E-state index contributed by atoms with van der Waals surface area (Å²) < 4.78 is 13.6. The molecule has 0 aromatic carbocycles. The van der Waals surface area contributed by atoms with Crippen LogP contribution in [0.5, 0.6) is 0 Å². The van der Waals surface area contributed by atoms with Gasteiger partial charge in [0.1, 0.15) is 0 Å². The number of anilines is 1. The molecule has 1 amide bonds. The van der Waals surface area contributed by atoms with Gasteiger partial charge in [-0.2, -0.15) is 0 Å². The van der Waals surface area contributed by atoms with E-state index in [0.717, 1.165) is 25.7 Å². The summed E-state index contributed by atoms with van der Waals surface area (Å²) in [6.45, 7) is 2.02. The van der Waals surface area contributed by atoms with Crippen molar-refractivity contribution >= 4 is 11.7 Å². The van der Waals surface area contributed by atoms with Crippen LogP contribution < -0.4 is 11.1 Å². The molecule has 1 aromatic rings. The lowest BCUT2D eigenvalue weighted by molar-refractivity contribution is 0.0816. The number of amides is 1. The lowest BCUT2D eigenvalue weighted by Gasteiger charge is -2.42. The summed E-state index contributed by atoms with van der Waals surface area (Å²) in [5.74, 6) is -1.38. The summed E-state index contributed by atoms with van der Waals surface area (Å²) in [6.07, 6.45) is 5.22. The average Bonchev–Trinajstić information content (AvgIpc) is 2.27. The van der Waals surface area contributed by atoms with Gasteiger partial charge in [-0.25, -0.2) is 9.37 Å². The second-order valence-electron chi connectivity index (χ2n) is 4.50. The molecule has 1 aliphatic carbocycles. The zero-order chi connectivity index (χ0) is 12.5. The second kappa shape index (κ2) is 4.31. The Morgan fingerprint density at radius 2 is 2.35 bits per heavy atom. The van der Waals surface area contributed by atoms with Crippen LogP contribution in [0.3, 0.4) is 0 Å². The Balaban J connectivity index is 2.17. The van der Waals surface area contributed by atoms with Crippen molar-refractivity contribution in [2.75, 3.05) is 5.73 Å². The van der Waals surface area contributed by atoms with Crippen molar-refractivity contribution in [3.8, 4) is 0 Å². The number of rotatable bonds is 3. The van der Waals surface area contributed by atoms with Gasteiger partial charge in [-0.15, -0.1) is 0 Å². The zero-order valence-corrected chi connectivity index (χ0v) is 9.79. The average molecular weight is 237 g/mol. The summed E-state index contributed by atoms with van der Waals surface area (Å²) in [4.78, 5) is 15.5. The molecule has 1 fully saturated rings. The summed E-state index contributed by atoms with van der Waals surface area (Å²) in [5, 5.41) is 2.90. The van der Waals surface area contributed by atoms with E-state index in [9.17, 15) is 9.18 Å². The summed E-state index contributed by atoms with van der Waals surface area (Å²) in [5.41, 5.74) is 5.15. The van der Waals surface area contributed by atoms with Crippen molar-refractivity contribution in [2.24, 2.45) is 0 Å². The third-order valence-corrected chi connectivity index (χ3v) is 3.53. The molecular weight excluding hydrogens is 221 g/mol. The van der Waals surface area contributed by atoms with E-state index in [-0.39, 0.29) is 16.9 Å². The van der Waals surface area contributed by atoms with Crippen molar-refractivity contribution in [3.05, 3.63) is 23.6 Å². The quantitative estimate of drug-likeness (QED) is 0.843. The van der Waals surface area contributed by atoms with Gasteiger partial charge in [-0.3, -0.25) is 4.79 Å². The molecule has 17 heavy (non-hydrogen) atoms. The van der Waals surface area contributed by atoms with Crippen molar-refractivity contribution in [3.63, 3.8) is 0 Å². The van der Waals surface area contributed by atoms with Gasteiger partial charge in [-0.05, 0) is 31.7 Å². The Morgan fingerprint density at radius 1 is 1.65 bits per heavy atom. The predicted molar refractivity (Wildman–Crippen MR) is 62.9 cm³/mol. The molecule has 0 bridgehead atoms. The monoisotopic (exact) mass is 237 g/mol. The third kappa shape index (κ3) is 2.09. The molecule has 2 rings (SSSR count). The minimum absolute atomic E-state index is 0.0303. The minimum Gasteiger partial charge on any atom is -0.381 e. The van der Waals surface area contributed by atoms with Crippen molar-refractivity contribution in [2.45, 2.75) is 38.1 Å². The highest BCUT2D eigenvalue weighted by atomic mass is 19.1. The van der Waals surface area contributed by atoms with E-state index in [4.69, 9.17) is 5.73 Å². The minimum atomic E-state index is -0.740. The summed E-state index contributed by atoms with van der Waals surface area (Å²) in [6, 6.07) is 1.35. The fourth-order valence-electron chi connectivity index (χ4n) is 2.11. The highest BCUT2D eigenvalue weighted by Gasteiger charge is 2.37. The first-order chi connectivity index (χ1) is 8.08. The Bertz CT molecular complexity index is 438. The number of pyridine rings is 1. The Labute approximate surface area is 99.4 Å². The van der Waals surface area contributed by atoms with Gasteiger partial charge in [0.05, 0.1) is 5.56 Å². The maximum Gasteiger partial charge on any atom is 0.254 e. The Morgan fingerprint density at radius 3 is 2.88 bits per heavy atom. The van der Waals surface area contributed by atoms with E-state index in [1.54, 1.807) is 0 Å². The maximum absolute atomic E-state index is 13.6. The predicted octanol–water partition coefficient (Wildman–Crippen LogP) is 1.87. The highest BCUT2D eigenvalue weighted by Crippen LogP contribution is 2.34. The van der Waals surface area contributed by atoms with E-state index in [1.165, 1.54) is 12.3 Å². The molecule has 0 radical (unpaired) electrons. The number of hydrogen-bond acceptors (Lipinski definition) is 3. The van der Waals surface area contributed by atoms with E-state index in [1.807, 2.05) is 6.92 Å². The standard InChI is InChI=1S/C12H16FN3O/c1-2-12(5-3-6-12)16-11(17)8-4-7-15-10(14)9(8)13/h4,7H,2-3,5-6H2,1H3,(H2,14,15)(H,16,17). The molecule has 0 atom stereocenters. The number of halogens is 1. The maximum atomic E-state index is 13.6. The number of carbonyl (C=O) groups excluding carboxylic acids is 1. The van der Waals surface area contributed by atoms with Crippen LogP contribution in [-0.4, -0.2) is 16.4 Å². The first-order valence-electron chi connectivity index (χ1n) is 5.80. The van der Waals surface area contributed by atoms with Crippen molar-refractivity contribution < 1.29 is 9.18 Å². The van der Waals surface area contributed by atoms with Crippen LogP contribution in [0.1, 0.15) is 43.0 Å². The molecule has 1 aromatic heterocycles. The number of nitrogens with two attached hydrogens (primary N) is 1. The smallest absolute Gasteiger partial charge is 0.254 e. The van der Waals surface area contributed by atoms with E-state index < -0.39 is 11.7 Å². The van der Waals surface area contributed by atoms with E-state index in [2.05, 4.69) is 10.3 Å². The van der Waals surface area contributed by atoms with Crippen molar-refractivity contribution in [1.82, 2.24) is 10.3 Å². The van der Waals surface area contributed by atoms with Crippen LogP contribution in [0.15, 0.2) is 12.3 Å². The van der Waals surface area contributed by atoms with E-state index >= 15 is 0 Å². The molecule has 0 aliphatic heterocycles. The van der Waals surface area contributed by atoms with E-state index in [0.29, 0.717) is 0 Å². The van der Waals surface area contributed by atoms with Gasteiger partial charge in [-0.1, -0.05) is 6.92 Å². The SMILES string of the molecule is CCC1(NC(=O)c2ccnc(N)c2F)CCC1. The molecule has 0 spiro atoms. The molecule has 1 heterocycles. The van der Waals surface area contributed by atoms with Crippen molar-refractivity contribution in [1.29, 1.82) is 0 Å². The van der Waals surface area contributed by atoms with Crippen LogP contribution in [0.25, 0.3) is 0 Å². The Kier molecular flexibility index (Phi) is 3.00. The lowest BCUT2D eigenvalue weighted by Crippen LogP contribution is -2.53. The topological polar surface area (TPSA) is 68.0 Å². The van der Waals surface area contributed by atoms with Gasteiger partial charge in [0.15, 0.2) is 11.6 Å². The molecule has 3 N–H and O–H groups in total. The third-order valence-electron chi connectivity index (χ3n) is 3.53. The molecular formula is C12H16FN3O. The zero-order valence-electron chi connectivity index (χ0n) is 9.79. The highest BCUT2D eigenvalue weighted by molar-refractivity contribution is 5.95. The van der Waals surface area contributed by atoms with Gasteiger partial charge in [0.2, 0.25) is 0 Å². The molecule has 5 heteroatoms. The number of nitrogen functional groups attached to an aromatic ring is 1. The number of nitrogens with zero attached hydrogens (tertiary/aromatic N) is 1. The normalized spacial score (nSPS) is 17.3. The van der Waals surface area contributed by atoms with Gasteiger partial charge in [0.25, 0.3) is 5.91 Å². The van der Waals surface area contributed by atoms with Gasteiger partial charge in [0, 0.05) is 11.7 Å².